The van der Waals surface area contributed by atoms with E-state index in [4.69, 9.17) is 0 Å². The molecule has 0 bridgehead atoms. The SMILES string of the molecule is Brc1ccc2c(c1)-c1ccccc1-c1cccc3c4ccccc4n-2c13. The molecule has 26 heavy (non-hydrogen) atoms. The highest BCUT2D eigenvalue weighted by Gasteiger charge is 2.23. The summed E-state index contributed by atoms with van der Waals surface area (Å²) in [5, 5.41) is 2.61. The number of rotatable bonds is 0. The van der Waals surface area contributed by atoms with Crippen LogP contribution in [0.5, 0.6) is 0 Å². The maximum absolute atomic E-state index is 3.67. The van der Waals surface area contributed by atoms with Crippen LogP contribution in [-0.2, 0) is 0 Å². The zero-order valence-corrected chi connectivity index (χ0v) is 15.5. The highest BCUT2D eigenvalue weighted by Crippen LogP contribution is 2.46. The Labute approximate surface area is 159 Å². The number of halogens is 1. The molecule has 1 aliphatic rings. The predicted molar refractivity (Wildman–Crippen MR) is 113 cm³/mol. The molecule has 2 heteroatoms. The van der Waals surface area contributed by atoms with Gasteiger partial charge in [0.25, 0.3) is 0 Å². The molecule has 1 aromatic heterocycles. The van der Waals surface area contributed by atoms with Crippen molar-refractivity contribution in [2.24, 2.45) is 0 Å². The first-order valence-electron chi connectivity index (χ1n) is 8.75. The van der Waals surface area contributed by atoms with Gasteiger partial charge in [0.05, 0.1) is 16.7 Å². The van der Waals surface area contributed by atoms with Gasteiger partial charge in [-0.05, 0) is 35.4 Å². The number of hydrogen-bond donors (Lipinski definition) is 0. The van der Waals surface area contributed by atoms with Crippen LogP contribution >= 0.6 is 15.9 Å². The Hall–Kier alpha value is -2.84. The van der Waals surface area contributed by atoms with Crippen LogP contribution in [0.2, 0.25) is 0 Å². The molecule has 0 saturated heterocycles. The van der Waals surface area contributed by atoms with Crippen LogP contribution in [0.15, 0.2) is 89.4 Å². The van der Waals surface area contributed by atoms with Crippen molar-refractivity contribution in [1.29, 1.82) is 0 Å². The third kappa shape index (κ3) is 1.75. The van der Waals surface area contributed by atoms with Crippen LogP contribution in [0.25, 0.3) is 49.7 Å². The first kappa shape index (κ1) is 14.3. The van der Waals surface area contributed by atoms with Gasteiger partial charge in [-0.25, -0.2) is 0 Å². The Morgan fingerprint density at radius 3 is 2.15 bits per heavy atom. The fourth-order valence-corrected chi connectivity index (χ4v) is 4.72. The minimum absolute atomic E-state index is 1.10. The molecule has 0 amide bonds. The van der Waals surface area contributed by atoms with Gasteiger partial charge in [0, 0.05) is 26.4 Å². The quantitative estimate of drug-likeness (QED) is 0.256. The van der Waals surface area contributed by atoms with Gasteiger partial charge in [-0.2, -0.15) is 0 Å². The minimum Gasteiger partial charge on any atom is -0.308 e. The third-order valence-corrected chi connectivity index (χ3v) is 5.89. The van der Waals surface area contributed by atoms with Crippen molar-refractivity contribution in [2.45, 2.75) is 0 Å². The molecule has 1 nitrogen and oxygen atoms in total. The lowest BCUT2D eigenvalue weighted by molar-refractivity contribution is 1.19. The third-order valence-electron chi connectivity index (χ3n) is 5.40. The Balaban J connectivity index is 1.97. The molecule has 2 heterocycles. The van der Waals surface area contributed by atoms with E-state index < -0.39 is 0 Å². The molecule has 0 spiro atoms. The first-order chi connectivity index (χ1) is 12.8. The van der Waals surface area contributed by atoms with E-state index >= 15 is 0 Å². The molecule has 0 atom stereocenters. The zero-order valence-electron chi connectivity index (χ0n) is 13.9. The van der Waals surface area contributed by atoms with E-state index in [-0.39, 0.29) is 0 Å². The fourth-order valence-electron chi connectivity index (χ4n) is 4.36. The molecule has 0 saturated carbocycles. The molecule has 0 unspecified atom stereocenters. The maximum Gasteiger partial charge on any atom is 0.0619 e. The Morgan fingerprint density at radius 1 is 0.577 bits per heavy atom. The van der Waals surface area contributed by atoms with Crippen molar-refractivity contribution in [2.75, 3.05) is 0 Å². The number of benzene rings is 4. The zero-order chi connectivity index (χ0) is 17.3. The summed E-state index contributed by atoms with van der Waals surface area (Å²) in [6, 6.07) is 30.7. The molecule has 0 aliphatic carbocycles. The number of aromatic nitrogens is 1. The Morgan fingerprint density at radius 2 is 1.27 bits per heavy atom. The molecule has 1 aliphatic heterocycles. The van der Waals surface area contributed by atoms with Crippen molar-refractivity contribution < 1.29 is 0 Å². The van der Waals surface area contributed by atoms with Gasteiger partial charge in [0.2, 0.25) is 0 Å². The summed E-state index contributed by atoms with van der Waals surface area (Å²) in [6.07, 6.45) is 0. The highest BCUT2D eigenvalue weighted by atomic mass is 79.9. The van der Waals surface area contributed by atoms with E-state index in [9.17, 15) is 0 Å². The predicted octanol–water partition coefficient (Wildman–Crippen LogP) is 7.19. The summed E-state index contributed by atoms with van der Waals surface area (Å²) in [4.78, 5) is 0. The van der Waals surface area contributed by atoms with Crippen molar-refractivity contribution >= 4 is 37.7 Å². The van der Waals surface area contributed by atoms with Crippen molar-refractivity contribution in [3.63, 3.8) is 0 Å². The summed E-state index contributed by atoms with van der Waals surface area (Å²) in [7, 11) is 0. The van der Waals surface area contributed by atoms with E-state index in [1.54, 1.807) is 0 Å². The van der Waals surface area contributed by atoms with Crippen molar-refractivity contribution in [3.05, 3.63) is 89.4 Å². The van der Waals surface area contributed by atoms with Gasteiger partial charge in [-0.3, -0.25) is 0 Å². The molecule has 0 radical (unpaired) electrons. The van der Waals surface area contributed by atoms with Crippen LogP contribution < -0.4 is 0 Å². The molecule has 5 aromatic rings. The minimum atomic E-state index is 1.10. The molecule has 4 aromatic carbocycles. The van der Waals surface area contributed by atoms with Gasteiger partial charge in [0.1, 0.15) is 0 Å². The van der Waals surface area contributed by atoms with Gasteiger partial charge in [-0.15, -0.1) is 0 Å². The van der Waals surface area contributed by atoms with Crippen LogP contribution in [0, 0.1) is 0 Å². The average Bonchev–Trinajstić information content (AvgIpc) is 2.96. The number of hydrogen-bond acceptors (Lipinski definition) is 0. The molecule has 6 rings (SSSR count). The van der Waals surface area contributed by atoms with Crippen LogP contribution in [-0.4, -0.2) is 4.57 Å². The summed E-state index contributed by atoms with van der Waals surface area (Å²) in [5.74, 6) is 0. The maximum atomic E-state index is 3.67. The monoisotopic (exact) mass is 395 g/mol. The van der Waals surface area contributed by atoms with Crippen LogP contribution in [0.1, 0.15) is 0 Å². The van der Waals surface area contributed by atoms with Gasteiger partial charge >= 0.3 is 0 Å². The van der Waals surface area contributed by atoms with E-state index in [0.29, 0.717) is 0 Å². The second-order valence-electron chi connectivity index (χ2n) is 6.76. The molecular formula is C24H14BrN. The summed E-state index contributed by atoms with van der Waals surface area (Å²) < 4.78 is 3.53. The summed E-state index contributed by atoms with van der Waals surface area (Å²) in [5.41, 5.74) is 8.91. The molecule has 0 N–H and O–H groups in total. The summed E-state index contributed by atoms with van der Waals surface area (Å²) in [6.45, 7) is 0. The van der Waals surface area contributed by atoms with E-state index in [0.717, 1.165) is 4.47 Å². The Bertz CT molecular complexity index is 1340. The normalized spacial score (nSPS) is 12.0. The first-order valence-corrected chi connectivity index (χ1v) is 9.54. The van der Waals surface area contributed by atoms with Gasteiger partial charge in [0.15, 0.2) is 0 Å². The molecule has 0 fully saturated rings. The lowest BCUT2D eigenvalue weighted by atomic mass is 9.94. The van der Waals surface area contributed by atoms with Crippen molar-refractivity contribution in [1.82, 2.24) is 4.57 Å². The standard InChI is InChI=1S/C24H14BrN/c25-15-12-13-23-21(14-15)17-7-2-1-6-16(17)19-9-5-10-20-18-8-3-4-11-22(18)26(23)24(19)20/h1-14H. The lowest BCUT2D eigenvalue weighted by Crippen LogP contribution is -1.95. The number of para-hydroxylation sites is 2. The smallest absolute Gasteiger partial charge is 0.0619 e. The van der Waals surface area contributed by atoms with Crippen LogP contribution in [0.3, 0.4) is 0 Å². The van der Waals surface area contributed by atoms with E-state index in [1.807, 2.05) is 0 Å². The highest BCUT2D eigenvalue weighted by molar-refractivity contribution is 9.10. The lowest BCUT2D eigenvalue weighted by Gasteiger charge is -2.12. The second kappa shape index (κ2) is 5.09. The van der Waals surface area contributed by atoms with Crippen LogP contribution in [0.4, 0.5) is 0 Å². The van der Waals surface area contributed by atoms with Crippen molar-refractivity contribution in [3.8, 4) is 27.9 Å². The number of fused-ring (bicyclic) bond motifs is 8. The largest absolute Gasteiger partial charge is 0.308 e. The second-order valence-corrected chi connectivity index (χ2v) is 7.68. The van der Waals surface area contributed by atoms with Gasteiger partial charge in [-0.1, -0.05) is 76.6 Å². The molecular weight excluding hydrogens is 382 g/mol. The topological polar surface area (TPSA) is 4.93 Å². The van der Waals surface area contributed by atoms with E-state index in [2.05, 4.69) is 105 Å². The van der Waals surface area contributed by atoms with E-state index in [1.165, 1.54) is 49.7 Å². The fraction of sp³-hybridized carbons (Fsp3) is 0. The Kier molecular flexibility index (Phi) is 2.81. The summed E-state index contributed by atoms with van der Waals surface area (Å²) >= 11 is 3.67. The van der Waals surface area contributed by atoms with Gasteiger partial charge < -0.3 is 4.57 Å². The molecule has 122 valence electrons. The number of nitrogens with zero attached hydrogens (tertiary/aromatic N) is 1. The average molecular weight is 396 g/mol.